The molecule has 8 aromatic carbocycles. The Bertz CT molecular complexity index is 2820. The molecule has 0 bridgehead atoms. The number of aromatic nitrogens is 1. The summed E-state index contributed by atoms with van der Waals surface area (Å²) in [6, 6.07) is 60.3. The van der Waals surface area contributed by atoms with Crippen LogP contribution in [0.1, 0.15) is 0 Å². The highest BCUT2D eigenvalue weighted by atomic mass is 32.1. The van der Waals surface area contributed by atoms with Crippen LogP contribution in [-0.4, -0.2) is 4.98 Å². The third-order valence-corrected chi connectivity index (χ3v) is 10.6. The molecule has 0 aliphatic heterocycles. The minimum Gasteiger partial charge on any atom is -0.435 e. The average molecular weight is 645 g/mol. The van der Waals surface area contributed by atoms with Gasteiger partial charge in [-0.05, 0) is 82.6 Å². The van der Waals surface area contributed by atoms with Gasteiger partial charge >= 0.3 is 0 Å². The number of fused-ring (bicyclic) bond motifs is 8. The minimum atomic E-state index is 0.618. The number of benzene rings is 8. The van der Waals surface area contributed by atoms with Crippen molar-refractivity contribution in [3.63, 3.8) is 0 Å². The highest BCUT2D eigenvalue weighted by Gasteiger charge is 2.22. The standard InChI is InChI=1S/C45H28N2OS/c1-3-12-31(13-4-1)45-46-39-28-40(37-25-21-30-11-7-8-16-35(30)43(37)44(39)48-45)47(33-14-5-2-6-15-33)34-23-19-29(20-24-34)32-22-26-42-38(27-32)36-17-9-10-18-41(36)49-42/h1-28H. The molecule has 0 unspecified atom stereocenters. The first-order valence-corrected chi connectivity index (χ1v) is 17.3. The van der Waals surface area contributed by atoms with Crippen LogP contribution in [0.25, 0.3) is 75.4 Å². The third kappa shape index (κ3) is 4.61. The highest BCUT2D eigenvalue weighted by molar-refractivity contribution is 7.25. The van der Waals surface area contributed by atoms with E-state index in [0.717, 1.165) is 55.3 Å². The van der Waals surface area contributed by atoms with Crippen LogP contribution in [-0.2, 0) is 0 Å². The van der Waals surface area contributed by atoms with Gasteiger partial charge in [0.05, 0.1) is 5.69 Å². The van der Waals surface area contributed by atoms with E-state index >= 15 is 0 Å². The average Bonchev–Trinajstić information content (AvgIpc) is 3.77. The van der Waals surface area contributed by atoms with Crippen molar-refractivity contribution in [2.45, 2.75) is 0 Å². The van der Waals surface area contributed by atoms with Crippen molar-refractivity contribution in [1.82, 2.24) is 4.98 Å². The fraction of sp³-hybridized carbons (Fsp3) is 0. The van der Waals surface area contributed by atoms with Crippen molar-refractivity contribution in [3.8, 4) is 22.6 Å². The predicted molar refractivity (Wildman–Crippen MR) is 207 cm³/mol. The number of para-hydroxylation sites is 1. The second-order valence-electron chi connectivity index (χ2n) is 12.4. The topological polar surface area (TPSA) is 29.3 Å². The maximum absolute atomic E-state index is 6.61. The lowest BCUT2D eigenvalue weighted by Crippen LogP contribution is -2.10. The van der Waals surface area contributed by atoms with Gasteiger partial charge in [-0.2, -0.15) is 0 Å². The molecule has 0 radical (unpaired) electrons. The van der Waals surface area contributed by atoms with Crippen LogP contribution >= 0.6 is 11.3 Å². The fourth-order valence-corrected chi connectivity index (χ4v) is 8.23. The van der Waals surface area contributed by atoms with E-state index < -0.39 is 0 Å². The van der Waals surface area contributed by atoms with E-state index in [1.54, 1.807) is 0 Å². The first kappa shape index (κ1) is 27.8. The van der Waals surface area contributed by atoms with Crippen molar-refractivity contribution >= 4 is 81.2 Å². The van der Waals surface area contributed by atoms with Crippen molar-refractivity contribution in [2.24, 2.45) is 0 Å². The lowest BCUT2D eigenvalue weighted by atomic mass is 9.98. The van der Waals surface area contributed by atoms with Crippen LogP contribution in [0, 0.1) is 0 Å². The van der Waals surface area contributed by atoms with Gasteiger partial charge in [0, 0.05) is 47.9 Å². The molecule has 2 heterocycles. The maximum Gasteiger partial charge on any atom is 0.227 e. The fourth-order valence-electron chi connectivity index (χ4n) is 7.15. The first-order valence-electron chi connectivity index (χ1n) is 16.5. The SMILES string of the molecule is c1ccc(-c2nc3cc(N(c4ccccc4)c4ccc(-c5ccc6sc7ccccc7c6c5)cc4)c4ccc5ccccc5c4c3o2)cc1. The summed E-state index contributed by atoms with van der Waals surface area (Å²) in [7, 11) is 0. The Hall–Kier alpha value is -6.23. The molecule has 0 spiro atoms. The molecule has 0 atom stereocenters. The molecule has 0 amide bonds. The molecule has 0 saturated heterocycles. The second kappa shape index (κ2) is 11.2. The zero-order valence-corrected chi connectivity index (χ0v) is 27.2. The van der Waals surface area contributed by atoms with E-state index in [0.29, 0.717) is 5.89 Å². The predicted octanol–water partition coefficient (Wildman–Crippen LogP) is 13.3. The quantitative estimate of drug-likeness (QED) is 0.175. The van der Waals surface area contributed by atoms with Gasteiger partial charge in [-0.25, -0.2) is 4.98 Å². The molecule has 4 heteroatoms. The smallest absolute Gasteiger partial charge is 0.227 e. The van der Waals surface area contributed by atoms with Gasteiger partial charge in [0.25, 0.3) is 0 Å². The molecule has 10 aromatic rings. The third-order valence-electron chi connectivity index (χ3n) is 9.47. The normalized spacial score (nSPS) is 11.7. The molecule has 0 aliphatic carbocycles. The van der Waals surface area contributed by atoms with Crippen molar-refractivity contribution in [2.75, 3.05) is 4.90 Å². The summed E-state index contributed by atoms with van der Waals surface area (Å²) < 4.78 is 9.25. The van der Waals surface area contributed by atoms with Crippen LogP contribution in [0.15, 0.2) is 174 Å². The van der Waals surface area contributed by atoms with Crippen molar-refractivity contribution < 1.29 is 4.42 Å². The highest BCUT2D eigenvalue weighted by Crippen LogP contribution is 2.45. The molecule has 230 valence electrons. The van der Waals surface area contributed by atoms with Crippen LogP contribution in [0.5, 0.6) is 0 Å². The second-order valence-corrected chi connectivity index (χ2v) is 13.4. The Kier molecular flexibility index (Phi) is 6.36. The largest absolute Gasteiger partial charge is 0.435 e. The Morgan fingerprint density at radius 2 is 1.14 bits per heavy atom. The maximum atomic E-state index is 6.61. The molecule has 0 aliphatic rings. The number of rotatable bonds is 5. The van der Waals surface area contributed by atoms with Crippen molar-refractivity contribution in [1.29, 1.82) is 0 Å². The minimum absolute atomic E-state index is 0.618. The summed E-state index contributed by atoms with van der Waals surface area (Å²) in [5.74, 6) is 0.618. The van der Waals surface area contributed by atoms with E-state index in [4.69, 9.17) is 9.40 Å². The van der Waals surface area contributed by atoms with Crippen LogP contribution in [0.3, 0.4) is 0 Å². The molecule has 2 aromatic heterocycles. The lowest BCUT2D eigenvalue weighted by Gasteiger charge is -2.27. The zero-order valence-electron chi connectivity index (χ0n) is 26.4. The number of hydrogen-bond donors (Lipinski definition) is 0. The monoisotopic (exact) mass is 644 g/mol. The molecule has 10 rings (SSSR count). The molecule has 0 saturated carbocycles. The van der Waals surface area contributed by atoms with Gasteiger partial charge in [0.1, 0.15) is 5.52 Å². The lowest BCUT2D eigenvalue weighted by molar-refractivity contribution is 0.623. The number of hydrogen-bond acceptors (Lipinski definition) is 4. The van der Waals surface area contributed by atoms with E-state index in [2.05, 4.69) is 144 Å². The first-order chi connectivity index (χ1) is 24.3. The van der Waals surface area contributed by atoms with Gasteiger partial charge in [-0.1, -0.05) is 109 Å². The molecule has 3 nitrogen and oxygen atoms in total. The number of oxazole rings is 1. The molecular formula is C45H28N2OS. The van der Waals surface area contributed by atoms with Gasteiger partial charge in [0.15, 0.2) is 5.58 Å². The van der Waals surface area contributed by atoms with E-state index in [9.17, 15) is 0 Å². The summed E-state index contributed by atoms with van der Waals surface area (Å²) in [5.41, 5.74) is 8.16. The summed E-state index contributed by atoms with van der Waals surface area (Å²) in [6.45, 7) is 0. The molecule has 0 N–H and O–H groups in total. The Morgan fingerprint density at radius 1 is 0.469 bits per heavy atom. The van der Waals surface area contributed by atoms with Crippen LogP contribution in [0.4, 0.5) is 17.1 Å². The van der Waals surface area contributed by atoms with E-state index in [1.165, 1.54) is 31.3 Å². The molecule has 0 fully saturated rings. The van der Waals surface area contributed by atoms with Gasteiger partial charge in [0.2, 0.25) is 5.89 Å². The van der Waals surface area contributed by atoms with Crippen LogP contribution in [0.2, 0.25) is 0 Å². The van der Waals surface area contributed by atoms with Crippen molar-refractivity contribution in [3.05, 3.63) is 170 Å². The Morgan fingerprint density at radius 3 is 1.98 bits per heavy atom. The Balaban J connectivity index is 1.17. The van der Waals surface area contributed by atoms with Gasteiger partial charge in [-0.3, -0.25) is 0 Å². The van der Waals surface area contributed by atoms with Gasteiger partial charge < -0.3 is 9.32 Å². The summed E-state index contributed by atoms with van der Waals surface area (Å²) in [6.07, 6.45) is 0. The van der Waals surface area contributed by atoms with Crippen LogP contribution < -0.4 is 4.90 Å². The molecular weight excluding hydrogens is 617 g/mol. The number of thiophene rings is 1. The number of nitrogens with zero attached hydrogens (tertiary/aromatic N) is 2. The van der Waals surface area contributed by atoms with Gasteiger partial charge in [-0.15, -0.1) is 11.3 Å². The summed E-state index contributed by atoms with van der Waals surface area (Å²) in [4.78, 5) is 7.41. The van der Waals surface area contributed by atoms with E-state index in [-0.39, 0.29) is 0 Å². The summed E-state index contributed by atoms with van der Waals surface area (Å²) in [5, 5.41) is 7.09. The summed E-state index contributed by atoms with van der Waals surface area (Å²) >= 11 is 1.85. The Labute approximate surface area is 286 Å². The molecule has 49 heavy (non-hydrogen) atoms. The number of anilines is 3. The van der Waals surface area contributed by atoms with E-state index in [1.807, 2.05) is 41.7 Å². The zero-order chi connectivity index (χ0) is 32.3.